The van der Waals surface area contributed by atoms with Crippen LogP contribution in [0.25, 0.3) is 0 Å². The molecule has 1 unspecified atom stereocenters. The third kappa shape index (κ3) is 4.27. The van der Waals surface area contributed by atoms with E-state index in [9.17, 15) is 4.39 Å². The number of nitrogens with one attached hydrogen (secondary N) is 1. The molecule has 1 aromatic carbocycles. The predicted molar refractivity (Wildman–Crippen MR) is 82.3 cm³/mol. The molecule has 0 spiro atoms. The number of hydrogen-bond acceptors (Lipinski definition) is 3. The van der Waals surface area contributed by atoms with Crippen LogP contribution in [0.1, 0.15) is 25.2 Å². The lowest BCUT2D eigenvalue weighted by Gasteiger charge is -2.15. The third-order valence-corrected chi connectivity index (χ3v) is 3.31. The number of hydrogen-bond donors (Lipinski definition) is 1. The third-order valence-electron chi connectivity index (χ3n) is 2.91. The van der Waals surface area contributed by atoms with E-state index in [-0.39, 0.29) is 11.9 Å². The second kappa shape index (κ2) is 6.79. The van der Waals surface area contributed by atoms with E-state index >= 15 is 0 Å². The highest BCUT2D eigenvalue weighted by molar-refractivity contribution is 9.10. The summed E-state index contributed by atoms with van der Waals surface area (Å²) in [4.78, 5) is 8.71. The summed E-state index contributed by atoms with van der Waals surface area (Å²) in [6, 6.07) is 8.64. The van der Waals surface area contributed by atoms with Crippen molar-refractivity contribution in [3.05, 3.63) is 52.1 Å². The second-order valence-corrected chi connectivity index (χ2v) is 5.53. The molecule has 0 bridgehead atoms. The van der Waals surface area contributed by atoms with Crippen LogP contribution < -0.4 is 5.32 Å². The van der Waals surface area contributed by atoms with Crippen molar-refractivity contribution < 1.29 is 4.39 Å². The van der Waals surface area contributed by atoms with Gasteiger partial charge in [0.2, 0.25) is 0 Å². The van der Waals surface area contributed by atoms with Crippen LogP contribution in [0.15, 0.2) is 34.9 Å². The van der Waals surface area contributed by atoms with Crippen molar-refractivity contribution >= 4 is 21.7 Å². The summed E-state index contributed by atoms with van der Waals surface area (Å²) >= 11 is 3.39. The minimum absolute atomic E-state index is 0.201. The van der Waals surface area contributed by atoms with Crippen LogP contribution in [0.5, 0.6) is 0 Å². The van der Waals surface area contributed by atoms with E-state index < -0.39 is 0 Å². The molecule has 3 nitrogen and oxygen atoms in total. The Balaban J connectivity index is 2.02. The van der Waals surface area contributed by atoms with Crippen LogP contribution in [-0.4, -0.2) is 16.0 Å². The first-order chi connectivity index (χ1) is 9.56. The fraction of sp³-hybridized carbons (Fsp3) is 0.333. The van der Waals surface area contributed by atoms with E-state index in [0.29, 0.717) is 0 Å². The van der Waals surface area contributed by atoms with Gasteiger partial charge in [-0.1, -0.05) is 19.1 Å². The zero-order valence-corrected chi connectivity index (χ0v) is 13.1. The highest BCUT2D eigenvalue weighted by atomic mass is 79.9. The molecule has 0 amide bonds. The van der Waals surface area contributed by atoms with Gasteiger partial charge in [0.05, 0.1) is 0 Å². The summed E-state index contributed by atoms with van der Waals surface area (Å²) in [5.41, 5.74) is 1.09. The summed E-state index contributed by atoms with van der Waals surface area (Å²) in [6.45, 7) is 4.10. The molecule has 20 heavy (non-hydrogen) atoms. The number of aryl methyl sites for hydroxylation is 1. The van der Waals surface area contributed by atoms with Crippen molar-refractivity contribution in [3.63, 3.8) is 0 Å². The fourth-order valence-electron chi connectivity index (χ4n) is 1.97. The van der Waals surface area contributed by atoms with Crippen molar-refractivity contribution in [2.75, 3.05) is 5.32 Å². The Hall–Kier alpha value is -1.49. The summed E-state index contributed by atoms with van der Waals surface area (Å²) in [5, 5.41) is 3.35. The van der Waals surface area contributed by atoms with Crippen molar-refractivity contribution in [1.29, 1.82) is 0 Å². The van der Waals surface area contributed by atoms with Gasteiger partial charge >= 0.3 is 0 Å². The Kier molecular flexibility index (Phi) is 5.06. The molecule has 2 aromatic rings. The quantitative estimate of drug-likeness (QED) is 0.838. The van der Waals surface area contributed by atoms with Gasteiger partial charge in [0.1, 0.15) is 22.1 Å². The molecular weight excluding hydrogens is 321 g/mol. The smallest absolute Gasteiger partial charge is 0.131 e. The van der Waals surface area contributed by atoms with Crippen molar-refractivity contribution in [2.24, 2.45) is 0 Å². The van der Waals surface area contributed by atoms with Crippen molar-refractivity contribution in [3.8, 4) is 0 Å². The number of anilines is 1. The molecule has 0 aliphatic heterocycles. The summed E-state index contributed by atoms with van der Waals surface area (Å²) < 4.78 is 13.6. The van der Waals surface area contributed by atoms with Crippen LogP contribution in [0.3, 0.4) is 0 Å². The minimum Gasteiger partial charge on any atom is -0.367 e. The maximum atomic E-state index is 12.9. The van der Waals surface area contributed by atoms with Crippen LogP contribution >= 0.6 is 15.9 Å². The number of aromatic nitrogens is 2. The van der Waals surface area contributed by atoms with Gasteiger partial charge in [0, 0.05) is 18.5 Å². The van der Waals surface area contributed by atoms with Gasteiger partial charge in [0.15, 0.2) is 0 Å². The molecular formula is C15H17BrFN3. The van der Waals surface area contributed by atoms with Crippen molar-refractivity contribution in [1.82, 2.24) is 9.97 Å². The molecule has 0 aliphatic rings. The van der Waals surface area contributed by atoms with Gasteiger partial charge in [-0.05, 0) is 47.0 Å². The lowest BCUT2D eigenvalue weighted by atomic mass is 10.1. The Morgan fingerprint density at radius 3 is 2.60 bits per heavy atom. The van der Waals surface area contributed by atoms with Gasteiger partial charge < -0.3 is 5.32 Å². The topological polar surface area (TPSA) is 37.8 Å². The Morgan fingerprint density at radius 2 is 1.95 bits per heavy atom. The maximum absolute atomic E-state index is 12.9. The van der Waals surface area contributed by atoms with Crippen LogP contribution in [0, 0.1) is 5.82 Å². The molecule has 0 saturated carbocycles. The number of benzene rings is 1. The molecule has 1 aromatic heterocycles. The maximum Gasteiger partial charge on any atom is 0.131 e. The molecule has 0 aliphatic carbocycles. The summed E-state index contributed by atoms with van der Waals surface area (Å²) in [6.07, 6.45) is 1.60. The van der Waals surface area contributed by atoms with Gasteiger partial charge in [-0.3, -0.25) is 0 Å². The van der Waals surface area contributed by atoms with Gasteiger partial charge in [-0.25, -0.2) is 14.4 Å². The average molecular weight is 338 g/mol. The number of nitrogens with zero attached hydrogens (tertiary/aromatic N) is 2. The summed E-state index contributed by atoms with van der Waals surface area (Å²) in [7, 11) is 0. The van der Waals surface area contributed by atoms with E-state index in [1.807, 2.05) is 13.0 Å². The van der Waals surface area contributed by atoms with Crippen LogP contribution in [-0.2, 0) is 12.8 Å². The average Bonchev–Trinajstić information content (AvgIpc) is 2.40. The Bertz CT molecular complexity index is 572. The van der Waals surface area contributed by atoms with E-state index in [2.05, 4.69) is 38.1 Å². The lowest BCUT2D eigenvalue weighted by molar-refractivity contribution is 0.626. The van der Waals surface area contributed by atoms with E-state index in [1.54, 1.807) is 12.1 Å². The minimum atomic E-state index is -0.207. The number of halogens is 2. The van der Waals surface area contributed by atoms with E-state index in [1.165, 1.54) is 12.1 Å². The Labute approximate surface area is 126 Å². The van der Waals surface area contributed by atoms with Crippen LogP contribution in [0.2, 0.25) is 0 Å². The van der Waals surface area contributed by atoms with Gasteiger partial charge in [-0.15, -0.1) is 0 Å². The molecule has 5 heteroatoms. The first-order valence-corrected chi connectivity index (χ1v) is 7.40. The SMILES string of the molecule is CCc1nc(Br)cc(NC(C)Cc2ccc(F)cc2)n1. The molecule has 2 rings (SSSR count). The fourth-order valence-corrected chi connectivity index (χ4v) is 2.40. The molecule has 1 heterocycles. The first-order valence-electron chi connectivity index (χ1n) is 6.61. The molecule has 1 atom stereocenters. The van der Waals surface area contributed by atoms with E-state index in [4.69, 9.17) is 0 Å². The highest BCUT2D eigenvalue weighted by Gasteiger charge is 2.07. The largest absolute Gasteiger partial charge is 0.367 e. The molecule has 106 valence electrons. The normalized spacial score (nSPS) is 12.2. The highest BCUT2D eigenvalue weighted by Crippen LogP contribution is 2.15. The molecule has 0 radical (unpaired) electrons. The second-order valence-electron chi connectivity index (χ2n) is 4.72. The monoisotopic (exact) mass is 337 g/mol. The first kappa shape index (κ1) is 14.9. The standard InChI is InChI=1S/C15H17BrFN3/c1-3-14-19-13(16)9-15(20-14)18-10(2)8-11-4-6-12(17)7-5-11/h4-7,9-10H,3,8H2,1-2H3,(H,18,19,20). The molecule has 1 N–H and O–H groups in total. The van der Waals surface area contributed by atoms with Crippen molar-refractivity contribution in [2.45, 2.75) is 32.7 Å². The molecule has 0 saturated heterocycles. The lowest BCUT2D eigenvalue weighted by Crippen LogP contribution is -2.19. The zero-order valence-electron chi connectivity index (χ0n) is 11.5. The number of rotatable bonds is 5. The zero-order chi connectivity index (χ0) is 14.5. The van der Waals surface area contributed by atoms with E-state index in [0.717, 1.165) is 34.7 Å². The van der Waals surface area contributed by atoms with Gasteiger partial charge in [0.25, 0.3) is 0 Å². The summed E-state index contributed by atoms with van der Waals surface area (Å²) in [5.74, 6) is 1.40. The van der Waals surface area contributed by atoms with Gasteiger partial charge in [-0.2, -0.15) is 0 Å². The molecule has 0 fully saturated rings. The predicted octanol–water partition coefficient (Wildman–Crippen LogP) is 3.98. The van der Waals surface area contributed by atoms with Crippen LogP contribution in [0.4, 0.5) is 10.2 Å². The Morgan fingerprint density at radius 1 is 1.25 bits per heavy atom.